The van der Waals surface area contributed by atoms with Crippen molar-refractivity contribution < 1.29 is 28.7 Å². The Bertz CT molecular complexity index is 1760. The van der Waals surface area contributed by atoms with E-state index in [2.05, 4.69) is 61.7 Å². The number of primary amides is 1. The van der Waals surface area contributed by atoms with Crippen LogP contribution >= 0.6 is 11.3 Å². The van der Waals surface area contributed by atoms with Crippen LogP contribution in [0.4, 0.5) is 5.82 Å². The summed E-state index contributed by atoms with van der Waals surface area (Å²) in [6.07, 6.45) is 10.9. The number of carbonyl (C=O) groups excluding carboxylic acids is 5. The smallest absolute Gasteiger partial charge is 0.292 e. The molecule has 0 radical (unpaired) electrons. The quantitative estimate of drug-likeness (QED) is 0.128. The zero-order valence-corrected chi connectivity index (χ0v) is 34.7. The van der Waals surface area contributed by atoms with Crippen LogP contribution in [0.5, 0.6) is 0 Å². The summed E-state index contributed by atoms with van der Waals surface area (Å²) in [7, 11) is 3.15. The van der Waals surface area contributed by atoms with Gasteiger partial charge in [-0.25, -0.2) is 9.97 Å². The van der Waals surface area contributed by atoms with Crippen molar-refractivity contribution in [1.82, 2.24) is 34.5 Å². The average molecular weight is 794 g/mol. The van der Waals surface area contributed by atoms with Gasteiger partial charge in [-0.15, -0.1) is 0 Å². The Morgan fingerprint density at radius 2 is 1.68 bits per heavy atom. The van der Waals surface area contributed by atoms with Gasteiger partial charge in [0.05, 0.1) is 30.4 Å². The lowest BCUT2D eigenvalue weighted by Gasteiger charge is -2.24. The van der Waals surface area contributed by atoms with Crippen molar-refractivity contribution in [2.45, 2.75) is 85.7 Å². The van der Waals surface area contributed by atoms with E-state index in [9.17, 15) is 14.4 Å². The Morgan fingerprint density at radius 3 is 2.23 bits per heavy atom. The molecule has 1 unspecified atom stereocenters. The van der Waals surface area contributed by atoms with Gasteiger partial charge < -0.3 is 35.9 Å². The first-order chi connectivity index (χ1) is 27.2. The minimum atomic E-state index is -0.195. The first-order valence-corrected chi connectivity index (χ1v) is 19.7. The molecule has 306 valence electrons. The molecule has 15 nitrogen and oxygen atoms in total. The van der Waals surface area contributed by atoms with Crippen molar-refractivity contribution in [3.05, 3.63) is 70.9 Å². The Hall–Kier alpha value is -5.53. The number of H-pyrrole nitrogens is 1. The number of benzene rings is 1. The number of anilines is 1. The lowest BCUT2D eigenvalue weighted by Crippen LogP contribution is -2.38. The van der Waals surface area contributed by atoms with Gasteiger partial charge in [0, 0.05) is 32.3 Å². The number of methoxy groups -OCH3 is 1. The minimum absolute atomic E-state index is 0.00516. The van der Waals surface area contributed by atoms with Crippen molar-refractivity contribution in [3.63, 3.8) is 0 Å². The largest absolute Gasteiger partial charge is 0.471 e. The normalized spacial score (nSPS) is 14.2. The molecule has 5 N–H and O–H groups in total. The summed E-state index contributed by atoms with van der Waals surface area (Å²) in [4.78, 5) is 70.3. The van der Waals surface area contributed by atoms with E-state index < -0.39 is 0 Å². The van der Waals surface area contributed by atoms with Gasteiger partial charge in [0.2, 0.25) is 24.6 Å². The van der Waals surface area contributed by atoms with E-state index in [1.165, 1.54) is 18.4 Å². The average Bonchev–Trinajstić information content (AvgIpc) is 4.06. The van der Waals surface area contributed by atoms with Crippen LogP contribution in [0.3, 0.4) is 0 Å². The molecule has 3 aromatic heterocycles. The second kappa shape index (κ2) is 28.0. The number of fused-ring (bicyclic) bond motifs is 1. The maximum absolute atomic E-state index is 12.5. The molecule has 6 rings (SSSR count). The molecule has 16 heteroatoms. The third-order valence-electron chi connectivity index (χ3n) is 7.93. The van der Waals surface area contributed by atoms with E-state index in [4.69, 9.17) is 9.59 Å². The van der Waals surface area contributed by atoms with Crippen molar-refractivity contribution in [2.24, 2.45) is 11.7 Å². The van der Waals surface area contributed by atoms with Gasteiger partial charge in [-0.3, -0.25) is 28.4 Å². The lowest BCUT2D eigenvalue weighted by molar-refractivity contribution is -0.133. The van der Waals surface area contributed by atoms with Crippen LogP contribution in [0, 0.1) is 17.8 Å². The number of carbonyl (C=O) groups is 5. The van der Waals surface area contributed by atoms with Crippen LogP contribution in [0.25, 0.3) is 4.96 Å². The summed E-state index contributed by atoms with van der Waals surface area (Å²) in [5, 5.41) is 5.63. The molecule has 2 fully saturated rings. The molecule has 5 heterocycles. The van der Waals surface area contributed by atoms with E-state index in [1.807, 2.05) is 85.5 Å². The number of imidazole rings is 2. The highest BCUT2D eigenvalue weighted by Crippen LogP contribution is 2.31. The Balaban J connectivity index is 0.000000488. The van der Waals surface area contributed by atoms with Gasteiger partial charge in [0.25, 0.3) is 6.47 Å². The third kappa shape index (κ3) is 15.7. The van der Waals surface area contributed by atoms with Crippen LogP contribution in [0.15, 0.2) is 48.9 Å². The molecule has 2 aliphatic heterocycles. The molecule has 0 aliphatic carbocycles. The SMILES string of the molecule is CC.CC.CC(C)CC(=O)N1CCC[C@H]1c1ncc(C#Cc2cn3cc(NC=O)nc3s2)[nH]1.CNC(C(=O)N1CCCC1)c1ccccc1.COC=O.NC=O. The monoisotopic (exact) mass is 793 g/mol. The van der Waals surface area contributed by atoms with Gasteiger partial charge in [-0.2, -0.15) is 0 Å². The third-order valence-corrected chi connectivity index (χ3v) is 8.84. The van der Waals surface area contributed by atoms with E-state index in [0.717, 1.165) is 72.2 Å². The number of nitrogens with two attached hydrogens (primary N) is 1. The molecule has 4 amide bonds. The molecule has 4 aromatic rings. The first-order valence-electron chi connectivity index (χ1n) is 18.9. The standard InChI is InChI=1S/C20H22N6O2S.C13H18N2O.C2H4O2.2C2H6.CH3NO/c1-13(2)8-18(28)26-7-3-4-16(26)19-21-9-14(23-19)5-6-15-10-25-11-17(22-12-27)24-20(25)29-15;1-14-12(11-7-3-2-4-8-11)13(16)15-9-5-6-10-15;1-4-2-3;2*1-2;2-1-3/h9-13,16H,3-4,7-8H2,1-2H3,(H,21,23)(H,22,27);2-4,7-8,12,14H,5-6,9-10H2,1H3;2H,1H3;2*1-2H3;1H,(H2,2,3)/t16-;;;;;/m0...../s1. The number of nitrogens with zero attached hydrogens (tertiary/aromatic N) is 5. The molecule has 0 bridgehead atoms. The molecular weight excluding hydrogens is 735 g/mol. The maximum atomic E-state index is 12.5. The summed E-state index contributed by atoms with van der Waals surface area (Å²) in [6.45, 7) is 15.1. The summed E-state index contributed by atoms with van der Waals surface area (Å²) < 4.78 is 5.69. The van der Waals surface area contributed by atoms with Crippen LogP contribution < -0.4 is 16.4 Å². The molecule has 2 aliphatic rings. The van der Waals surface area contributed by atoms with Gasteiger partial charge in [0.15, 0.2) is 10.8 Å². The number of likely N-dealkylation sites (tertiary alicyclic amines) is 2. The number of rotatable bonds is 9. The molecule has 56 heavy (non-hydrogen) atoms. The van der Waals surface area contributed by atoms with Gasteiger partial charge >= 0.3 is 0 Å². The number of amides is 4. The molecule has 2 saturated heterocycles. The number of thiazole rings is 1. The van der Waals surface area contributed by atoms with Crippen molar-refractivity contribution in [2.75, 3.05) is 39.1 Å². The fourth-order valence-electron chi connectivity index (χ4n) is 5.70. The Kier molecular flexibility index (Phi) is 24.2. The molecular formula is C40H59N9O6S. The Morgan fingerprint density at radius 1 is 1.04 bits per heavy atom. The number of likely N-dealkylation sites (N-methyl/N-ethyl adjacent to an activating group) is 1. The number of hydrogen-bond donors (Lipinski definition) is 4. The highest BCUT2D eigenvalue weighted by molar-refractivity contribution is 7.17. The first kappa shape index (κ1) is 48.5. The van der Waals surface area contributed by atoms with Crippen molar-refractivity contribution in [3.8, 4) is 11.8 Å². The minimum Gasteiger partial charge on any atom is -0.471 e. The highest BCUT2D eigenvalue weighted by Gasteiger charge is 2.32. The van der Waals surface area contributed by atoms with E-state index >= 15 is 0 Å². The van der Waals surface area contributed by atoms with Crippen LogP contribution in [-0.2, 0) is 28.7 Å². The molecule has 2 atom stereocenters. The van der Waals surface area contributed by atoms with Crippen LogP contribution in [-0.4, -0.2) is 94.1 Å². The van der Waals surface area contributed by atoms with E-state index in [-0.39, 0.29) is 30.3 Å². The number of aromatic amines is 1. The number of nitrogens with one attached hydrogen (secondary N) is 3. The van der Waals surface area contributed by atoms with Crippen molar-refractivity contribution >= 4 is 53.2 Å². The van der Waals surface area contributed by atoms with Gasteiger partial charge in [-0.05, 0) is 56.1 Å². The molecule has 0 saturated carbocycles. The fraction of sp³-hybridized carbons (Fsp3) is 0.475. The number of hydrogen-bond acceptors (Lipinski definition) is 10. The number of ether oxygens (including phenoxy) is 1. The molecule has 0 spiro atoms. The predicted octanol–water partition coefficient (Wildman–Crippen LogP) is 5.31. The zero-order chi connectivity index (χ0) is 41.9. The second-order valence-corrected chi connectivity index (χ2v) is 13.1. The van der Waals surface area contributed by atoms with Crippen molar-refractivity contribution in [1.29, 1.82) is 0 Å². The van der Waals surface area contributed by atoms with E-state index in [1.54, 1.807) is 12.4 Å². The zero-order valence-electron chi connectivity index (χ0n) is 33.9. The number of aromatic nitrogens is 4. The highest BCUT2D eigenvalue weighted by atomic mass is 32.1. The van der Waals surface area contributed by atoms with Gasteiger partial charge in [0.1, 0.15) is 17.6 Å². The topological polar surface area (TPSA) is 197 Å². The summed E-state index contributed by atoms with van der Waals surface area (Å²) in [5.74, 6) is 8.27. The predicted molar refractivity (Wildman–Crippen MR) is 221 cm³/mol. The summed E-state index contributed by atoms with van der Waals surface area (Å²) >= 11 is 1.44. The van der Waals surface area contributed by atoms with Gasteiger partial charge in [-0.1, -0.05) is 83.2 Å². The Labute approximate surface area is 334 Å². The van der Waals surface area contributed by atoms with Crippen LogP contribution in [0.1, 0.15) is 108 Å². The maximum Gasteiger partial charge on any atom is 0.292 e. The summed E-state index contributed by atoms with van der Waals surface area (Å²) in [6, 6.07) is 9.71. The van der Waals surface area contributed by atoms with E-state index in [0.29, 0.717) is 31.0 Å². The molecule has 1 aromatic carbocycles. The summed E-state index contributed by atoms with van der Waals surface area (Å²) in [5.41, 5.74) is 5.93. The fourth-order valence-corrected chi connectivity index (χ4v) is 6.52. The second-order valence-electron chi connectivity index (χ2n) is 12.1. The lowest BCUT2D eigenvalue weighted by atomic mass is 10.1. The van der Waals surface area contributed by atoms with Crippen LogP contribution in [0.2, 0.25) is 0 Å².